The van der Waals surface area contributed by atoms with Crippen LogP contribution in [0.2, 0.25) is 0 Å². The van der Waals surface area contributed by atoms with Gasteiger partial charge in [0.05, 0.1) is 24.5 Å². The summed E-state index contributed by atoms with van der Waals surface area (Å²) in [6, 6.07) is 18.8. The Bertz CT molecular complexity index is 787. The standard InChI is InChI=1S/C18H18N4O2/c23-13-15(11-14-7-3-1-4-8-14)19-18(24)17-12-22(21-20-17)16-9-5-2-6-10-16/h1-10,12,15,23H,11,13H2,(H,19,24). The summed E-state index contributed by atoms with van der Waals surface area (Å²) < 4.78 is 1.54. The first-order valence-corrected chi connectivity index (χ1v) is 7.69. The molecule has 6 heteroatoms. The summed E-state index contributed by atoms with van der Waals surface area (Å²) in [7, 11) is 0. The van der Waals surface area contributed by atoms with E-state index in [2.05, 4.69) is 15.6 Å². The first kappa shape index (κ1) is 15.9. The molecule has 2 N–H and O–H groups in total. The van der Waals surface area contributed by atoms with Crippen molar-refractivity contribution in [3.63, 3.8) is 0 Å². The lowest BCUT2D eigenvalue weighted by atomic mass is 10.1. The van der Waals surface area contributed by atoms with Gasteiger partial charge in [0, 0.05) is 0 Å². The van der Waals surface area contributed by atoms with Crippen molar-refractivity contribution in [1.82, 2.24) is 20.3 Å². The summed E-state index contributed by atoms with van der Waals surface area (Å²) in [5, 5.41) is 20.2. The molecule has 1 heterocycles. The van der Waals surface area contributed by atoms with Crippen molar-refractivity contribution in [1.29, 1.82) is 0 Å². The van der Waals surface area contributed by atoms with E-state index in [1.54, 1.807) is 10.9 Å². The molecule has 1 atom stereocenters. The molecule has 122 valence electrons. The Hall–Kier alpha value is -2.99. The summed E-state index contributed by atoms with van der Waals surface area (Å²) in [5.41, 5.74) is 2.09. The highest BCUT2D eigenvalue weighted by Crippen LogP contribution is 2.07. The van der Waals surface area contributed by atoms with Crippen LogP contribution in [0, 0.1) is 0 Å². The molecular weight excluding hydrogens is 304 g/mol. The van der Waals surface area contributed by atoms with E-state index >= 15 is 0 Å². The summed E-state index contributed by atoms with van der Waals surface area (Å²) >= 11 is 0. The summed E-state index contributed by atoms with van der Waals surface area (Å²) in [6.45, 7) is -0.145. The average Bonchev–Trinajstić information content (AvgIpc) is 3.13. The number of para-hydroxylation sites is 1. The molecule has 6 nitrogen and oxygen atoms in total. The van der Waals surface area contributed by atoms with Crippen LogP contribution in [0.1, 0.15) is 16.1 Å². The van der Waals surface area contributed by atoms with Crippen LogP contribution in [0.5, 0.6) is 0 Å². The number of amides is 1. The van der Waals surface area contributed by atoms with Gasteiger partial charge in [0.2, 0.25) is 0 Å². The van der Waals surface area contributed by atoms with Gasteiger partial charge in [0.1, 0.15) is 0 Å². The van der Waals surface area contributed by atoms with E-state index in [4.69, 9.17) is 0 Å². The minimum Gasteiger partial charge on any atom is -0.394 e. The van der Waals surface area contributed by atoms with E-state index in [0.717, 1.165) is 11.3 Å². The summed E-state index contributed by atoms with van der Waals surface area (Å²) in [6.07, 6.45) is 2.12. The SMILES string of the molecule is O=C(NC(CO)Cc1ccccc1)c1cn(-c2ccccc2)nn1. The van der Waals surface area contributed by atoms with Crippen LogP contribution in [0.4, 0.5) is 0 Å². The van der Waals surface area contributed by atoms with Crippen molar-refractivity contribution in [3.8, 4) is 5.69 Å². The van der Waals surface area contributed by atoms with Gasteiger partial charge in [0.15, 0.2) is 5.69 Å². The highest BCUT2D eigenvalue weighted by molar-refractivity contribution is 5.92. The average molecular weight is 322 g/mol. The van der Waals surface area contributed by atoms with Gasteiger partial charge in [-0.15, -0.1) is 5.10 Å². The van der Waals surface area contributed by atoms with Crippen LogP contribution >= 0.6 is 0 Å². The van der Waals surface area contributed by atoms with Crippen LogP contribution in [0.25, 0.3) is 5.69 Å². The Kier molecular flexibility index (Phi) is 4.98. The van der Waals surface area contributed by atoms with Crippen molar-refractivity contribution in [2.45, 2.75) is 12.5 Å². The molecule has 24 heavy (non-hydrogen) atoms. The zero-order valence-electron chi connectivity index (χ0n) is 13.0. The first-order valence-electron chi connectivity index (χ1n) is 7.69. The number of hydrogen-bond acceptors (Lipinski definition) is 4. The number of carbonyl (C=O) groups excluding carboxylic acids is 1. The van der Waals surface area contributed by atoms with Crippen LogP contribution in [-0.2, 0) is 6.42 Å². The minimum atomic E-state index is -0.373. The lowest BCUT2D eigenvalue weighted by Gasteiger charge is -2.15. The zero-order chi connectivity index (χ0) is 16.8. The van der Waals surface area contributed by atoms with Crippen molar-refractivity contribution in [2.24, 2.45) is 0 Å². The molecule has 3 aromatic rings. The number of aromatic nitrogens is 3. The maximum atomic E-state index is 12.3. The minimum absolute atomic E-state index is 0.145. The van der Waals surface area contributed by atoms with Gasteiger partial charge < -0.3 is 10.4 Å². The van der Waals surface area contributed by atoms with Crippen molar-refractivity contribution < 1.29 is 9.90 Å². The van der Waals surface area contributed by atoms with Gasteiger partial charge in [-0.3, -0.25) is 4.79 Å². The maximum absolute atomic E-state index is 12.3. The fraction of sp³-hybridized carbons (Fsp3) is 0.167. The largest absolute Gasteiger partial charge is 0.394 e. The number of benzene rings is 2. The topological polar surface area (TPSA) is 80.0 Å². The molecule has 0 bridgehead atoms. The van der Waals surface area contributed by atoms with Gasteiger partial charge in [0.25, 0.3) is 5.91 Å². The Labute approximate surface area is 139 Å². The molecule has 0 aliphatic heterocycles. The number of nitrogens with zero attached hydrogens (tertiary/aromatic N) is 3. The number of carbonyl (C=O) groups is 1. The van der Waals surface area contributed by atoms with Gasteiger partial charge in [-0.1, -0.05) is 53.7 Å². The van der Waals surface area contributed by atoms with E-state index in [1.165, 1.54) is 0 Å². The Morgan fingerprint density at radius 3 is 2.42 bits per heavy atom. The molecular formula is C18H18N4O2. The van der Waals surface area contributed by atoms with E-state index in [-0.39, 0.29) is 24.2 Å². The normalized spacial score (nSPS) is 11.9. The van der Waals surface area contributed by atoms with Gasteiger partial charge in [-0.25, -0.2) is 4.68 Å². The molecule has 0 radical (unpaired) electrons. The van der Waals surface area contributed by atoms with E-state index in [1.807, 2.05) is 60.7 Å². The third kappa shape index (κ3) is 3.85. The van der Waals surface area contributed by atoms with Crippen molar-refractivity contribution >= 4 is 5.91 Å². The molecule has 0 aliphatic carbocycles. The molecule has 0 aliphatic rings. The van der Waals surface area contributed by atoms with Crippen molar-refractivity contribution in [2.75, 3.05) is 6.61 Å². The number of aliphatic hydroxyl groups excluding tert-OH is 1. The van der Waals surface area contributed by atoms with Crippen molar-refractivity contribution in [3.05, 3.63) is 78.1 Å². The van der Waals surface area contributed by atoms with E-state index in [0.29, 0.717) is 6.42 Å². The molecule has 2 aromatic carbocycles. The monoisotopic (exact) mass is 322 g/mol. The number of rotatable bonds is 6. The van der Waals surface area contributed by atoms with E-state index < -0.39 is 0 Å². The second-order valence-electron chi connectivity index (χ2n) is 5.43. The maximum Gasteiger partial charge on any atom is 0.273 e. The van der Waals surface area contributed by atoms with Gasteiger partial charge in [-0.05, 0) is 24.1 Å². The highest BCUT2D eigenvalue weighted by Gasteiger charge is 2.16. The Balaban J connectivity index is 1.67. The molecule has 0 saturated heterocycles. The smallest absolute Gasteiger partial charge is 0.273 e. The summed E-state index contributed by atoms with van der Waals surface area (Å²) in [4.78, 5) is 12.3. The fourth-order valence-electron chi connectivity index (χ4n) is 2.39. The summed E-state index contributed by atoms with van der Waals surface area (Å²) in [5.74, 6) is -0.354. The fourth-order valence-corrected chi connectivity index (χ4v) is 2.39. The lowest BCUT2D eigenvalue weighted by Crippen LogP contribution is -2.39. The second kappa shape index (κ2) is 7.52. The molecule has 0 saturated carbocycles. The predicted octanol–water partition coefficient (Wildman–Crippen LogP) is 1.60. The third-order valence-electron chi connectivity index (χ3n) is 3.63. The first-order chi connectivity index (χ1) is 11.8. The predicted molar refractivity (Wildman–Crippen MR) is 89.8 cm³/mol. The number of nitrogens with one attached hydrogen (secondary N) is 1. The van der Waals surface area contributed by atoms with Gasteiger partial charge in [-0.2, -0.15) is 0 Å². The van der Waals surface area contributed by atoms with E-state index in [9.17, 15) is 9.90 Å². The Morgan fingerprint density at radius 2 is 1.75 bits per heavy atom. The quantitative estimate of drug-likeness (QED) is 0.722. The van der Waals surface area contributed by atoms with Crippen LogP contribution in [0.15, 0.2) is 66.9 Å². The molecule has 0 spiro atoms. The molecule has 1 amide bonds. The van der Waals surface area contributed by atoms with Crippen LogP contribution in [0.3, 0.4) is 0 Å². The molecule has 1 unspecified atom stereocenters. The van der Waals surface area contributed by atoms with Gasteiger partial charge >= 0.3 is 0 Å². The molecule has 3 rings (SSSR count). The van der Waals surface area contributed by atoms with Crippen LogP contribution in [-0.4, -0.2) is 38.7 Å². The third-order valence-corrected chi connectivity index (χ3v) is 3.63. The molecule has 0 fully saturated rings. The zero-order valence-corrected chi connectivity index (χ0v) is 13.0. The van der Waals surface area contributed by atoms with Crippen LogP contribution < -0.4 is 5.32 Å². The number of hydrogen-bond donors (Lipinski definition) is 2. The Morgan fingerprint density at radius 1 is 1.08 bits per heavy atom. The highest BCUT2D eigenvalue weighted by atomic mass is 16.3. The second-order valence-corrected chi connectivity index (χ2v) is 5.43. The lowest BCUT2D eigenvalue weighted by molar-refractivity contribution is 0.0911. The number of aliphatic hydroxyl groups is 1. The molecule has 1 aromatic heterocycles.